The van der Waals surface area contributed by atoms with Crippen molar-refractivity contribution < 1.29 is 14.2 Å². The van der Waals surface area contributed by atoms with Crippen molar-refractivity contribution in [3.05, 3.63) is 194 Å². The zero-order valence-corrected chi connectivity index (χ0v) is 29.2. The van der Waals surface area contributed by atoms with Gasteiger partial charge in [0.25, 0.3) is 0 Å². The van der Waals surface area contributed by atoms with Gasteiger partial charge in [-0.05, 0) is 66.7 Å². The van der Waals surface area contributed by atoms with E-state index in [1.165, 1.54) is 0 Å². The summed E-state index contributed by atoms with van der Waals surface area (Å²) in [6, 6.07) is 54.5. The zero-order chi connectivity index (χ0) is 36.4. The number of hydrogen-bond donors (Lipinski definition) is 3. The van der Waals surface area contributed by atoms with Gasteiger partial charge < -0.3 is 30.2 Å². The molecule has 264 valence electrons. The Morgan fingerprint density at radius 3 is 1.56 bits per heavy atom. The van der Waals surface area contributed by atoms with Crippen LogP contribution in [-0.2, 0) is 0 Å². The number of hydrogen-bond acceptors (Lipinski definition) is 8. The maximum Gasteiger partial charge on any atom is 0.178 e. The van der Waals surface area contributed by atoms with Crippen LogP contribution in [0.4, 0.5) is 28.6 Å². The topological polar surface area (TPSA) is 89.6 Å². The number of benzene rings is 6. The third kappa shape index (κ3) is 8.09. The summed E-state index contributed by atoms with van der Waals surface area (Å²) in [6.07, 6.45) is 7.81. The Morgan fingerprint density at radius 1 is 0.444 bits per heavy atom. The highest BCUT2D eigenvalue weighted by Gasteiger charge is 2.27. The normalized spacial score (nSPS) is 14.5. The number of para-hydroxylation sites is 7. The maximum atomic E-state index is 6.52. The van der Waals surface area contributed by atoms with Crippen LogP contribution in [-0.4, -0.2) is 22.3 Å². The van der Waals surface area contributed by atoms with Crippen LogP contribution < -0.4 is 30.2 Å². The summed E-state index contributed by atoms with van der Waals surface area (Å²) in [5.41, 5.74) is 4.33. The molecule has 0 aliphatic heterocycles. The first-order valence-electron chi connectivity index (χ1n) is 17.7. The lowest BCUT2D eigenvalue weighted by Gasteiger charge is -2.29. The summed E-state index contributed by atoms with van der Waals surface area (Å²) < 4.78 is 19.3. The maximum absolute atomic E-state index is 6.52. The quantitative estimate of drug-likeness (QED) is 0.109. The van der Waals surface area contributed by atoms with E-state index in [9.17, 15) is 0 Å². The minimum atomic E-state index is -0.339. The molecule has 1 aromatic heterocycles. The van der Waals surface area contributed by atoms with Crippen LogP contribution in [0.15, 0.2) is 194 Å². The number of nitrogens with one attached hydrogen (secondary N) is 3. The highest BCUT2D eigenvalue weighted by Crippen LogP contribution is 2.43. The first kappa shape index (κ1) is 33.8. The van der Waals surface area contributed by atoms with Crippen LogP contribution in [0.3, 0.4) is 0 Å². The Morgan fingerprint density at radius 2 is 0.944 bits per heavy atom. The van der Waals surface area contributed by atoms with Gasteiger partial charge in [-0.3, -0.25) is 0 Å². The molecule has 0 spiro atoms. The number of allylic oxidation sites excluding steroid dienone is 2. The molecule has 2 unspecified atom stereocenters. The van der Waals surface area contributed by atoms with Crippen LogP contribution in [0.5, 0.6) is 28.7 Å². The van der Waals surface area contributed by atoms with Crippen molar-refractivity contribution in [2.45, 2.75) is 12.1 Å². The summed E-state index contributed by atoms with van der Waals surface area (Å²) in [7, 11) is 0. The van der Waals surface area contributed by atoms with E-state index in [1.54, 1.807) is 0 Å². The molecule has 0 saturated heterocycles. The molecule has 8 rings (SSSR count). The van der Waals surface area contributed by atoms with Crippen LogP contribution in [0.1, 0.15) is 0 Å². The van der Waals surface area contributed by atoms with Gasteiger partial charge in [-0.15, -0.1) is 10.2 Å². The fraction of sp³-hybridized carbons (Fsp3) is 0.0435. The van der Waals surface area contributed by atoms with E-state index in [4.69, 9.17) is 24.4 Å². The molecule has 0 saturated carbocycles. The molecule has 0 bridgehead atoms. The van der Waals surface area contributed by atoms with E-state index in [1.807, 2.05) is 188 Å². The summed E-state index contributed by atoms with van der Waals surface area (Å²) in [4.78, 5) is 0. The third-order valence-corrected chi connectivity index (χ3v) is 8.66. The van der Waals surface area contributed by atoms with Gasteiger partial charge in [0.2, 0.25) is 0 Å². The lowest BCUT2D eigenvalue weighted by atomic mass is 10.0. The van der Waals surface area contributed by atoms with Gasteiger partial charge in [0.1, 0.15) is 34.7 Å². The third-order valence-electron chi connectivity index (χ3n) is 8.66. The van der Waals surface area contributed by atoms with Crippen molar-refractivity contribution in [3.8, 4) is 40.0 Å². The lowest BCUT2D eigenvalue weighted by Crippen LogP contribution is -2.36. The van der Waals surface area contributed by atoms with Crippen LogP contribution in [0, 0.1) is 0 Å². The van der Waals surface area contributed by atoms with Gasteiger partial charge >= 0.3 is 0 Å². The van der Waals surface area contributed by atoms with Crippen molar-refractivity contribution in [3.63, 3.8) is 0 Å². The molecule has 1 heterocycles. The predicted molar refractivity (Wildman–Crippen MR) is 216 cm³/mol. The monoisotopic (exact) mass is 707 g/mol. The first-order chi connectivity index (χ1) is 26.8. The average molecular weight is 708 g/mol. The van der Waals surface area contributed by atoms with Gasteiger partial charge in [-0.2, -0.15) is 0 Å². The molecule has 0 fully saturated rings. The number of rotatable bonds is 13. The Kier molecular flexibility index (Phi) is 10.2. The SMILES string of the molecule is C1=CC(Nc2c(Nc3ccccc3Oc3ccccc3)nnc(-c3ccccc3)c2Nc2ccccc2Oc2ccccc2)C(Oc2ccccc2)C=C1. The minimum Gasteiger partial charge on any atom is -0.484 e. The van der Waals surface area contributed by atoms with E-state index in [2.05, 4.69) is 22.0 Å². The second kappa shape index (κ2) is 16.4. The van der Waals surface area contributed by atoms with Gasteiger partial charge in [0.15, 0.2) is 17.3 Å². The number of ether oxygens (including phenoxy) is 3. The summed E-state index contributed by atoms with van der Waals surface area (Å²) >= 11 is 0. The molecule has 54 heavy (non-hydrogen) atoms. The molecular weight excluding hydrogens is 671 g/mol. The fourth-order valence-electron chi connectivity index (χ4n) is 6.05. The lowest BCUT2D eigenvalue weighted by molar-refractivity contribution is 0.239. The second-order valence-electron chi connectivity index (χ2n) is 12.4. The van der Waals surface area contributed by atoms with Crippen LogP contribution in [0.2, 0.25) is 0 Å². The van der Waals surface area contributed by atoms with Gasteiger partial charge in [-0.1, -0.05) is 127 Å². The number of nitrogens with zero attached hydrogens (tertiary/aromatic N) is 2. The molecular formula is C46H37N5O3. The van der Waals surface area contributed by atoms with Gasteiger partial charge in [0.05, 0.1) is 23.1 Å². The molecule has 1 aliphatic carbocycles. The molecule has 3 N–H and O–H groups in total. The molecule has 8 heteroatoms. The minimum absolute atomic E-state index is 0.296. The Bertz CT molecular complexity index is 2350. The Hall–Kier alpha value is -7.32. The molecule has 1 aliphatic rings. The largest absolute Gasteiger partial charge is 0.484 e. The van der Waals surface area contributed by atoms with Crippen molar-refractivity contribution >= 4 is 28.6 Å². The summed E-state index contributed by atoms with van der Waals surface area (Å²) in [5.74, 6) is 3.96. The van der Waals surface area contributed by atoms with Gasteiger partial charge in [0, 0.05) is 5.56 Å². The Balaban J connectivity index is 1.25. The van der Waals surface area contributed by atoms with Crippen molar-refractivity contribution in [2.75, 3.05) is 16.0 Å². The highest BCUT2D eigenvalue weighted by molar-refractivity contribution is 5.94. The van der Waals surface area contributed by atoms with E-state index in [0.717, 1.165) is 22.7 Å². The predicted octanol–water partition coefficient (Wildman–Crippen LogP) is 11.6. The average Bonchev–Trinajstić information content (AvgIpc) is 3.22. The van der Waals surface area contributed by atoms with E-state index >= 15 is 0 Å². The van der Waals surface area contributed by atoms with Crippen LogP contribution in [0.25, 0.3) is 11.3 Å². The van der Waals surface area contributed by atoms with E-state index in [-0.39, 0.29) is 12.1 Å². The molecule has 8 nitrogen and oxygen atoms in total. The smallest absolute Gasteiger partial charge is 0.178 e. The standard InChI is InChI=1S/C46H37N5O3/c1-5-19-33(20-6-1)43-44(47-37-27-13-16-30-40(37)52-34-21-7-2-8-22-34)45(48-38-28-14-17-31-41(38)53-35-23-9-3-10-24-35)46(51-50-43)49-39-29-15-18-32-42(39)54-36-25-11-4-12-26-36/h1-32,38,41H,(H,48,50)(H2,47,49,51). The Labute approximate surface area is 314 Å². The number of aromatic nitrogens is 2. The summed E-state index contributed by atoms with van der Waals surface area (Å²) in [6.45, 7) is 0. The van der Waals surface area contributed by atoms with Gasteiger partial charge in [-0.25, -0.2) is 0 Å². The fourth-order valence-corrected chi connectivity index (χ4v) is 6.05. The van der Waals surface area contributed by atoms with Crippen molar-refractivity contribution in [1.29, 1.82) is 0 Å². The van der Waals surface area contributed by atoms with E-state index < -0.39 is 0 Å². The zero-order valence-electron chi connectivity index (χ0n) is 29.2. The van der Waals surface area contributed by atoms with Crippen molar-refractivity contribution in [1.82, 2.24) is 10.2 Å². The first-order valence-corrected chi connectivity index (χ1v) is 17.7. The summed E-state index contributed by atoms with van der Waals surface area (Å²) in [5, 5.41) is 20.8. The molecule has 0 radical (unpaired) electrons. The van der Waals surface area contributed by atoms with Crippen molar-refractivity contribution in [2.24, 2.45) is 0 Å². The highest BCUT2D eigenvalue weighted by atomic mass is 16.5. The van der Waals surface area contributed by atoms with E-state index in [0.29, 0.717) is 45.8 Å². The molecule has 7 aromatic rings. The molecule has 6 aromatic carbocycles. The number of anilines is 5. The molecule has 2 atom stereocenters. The second-order valence-corrected chi connectivity index (χ2v) is 12.4. The van der Waals surface area contributed by atoms with Crippen LogP contribution >= 0.6 is 0 Å². The molecule has 0 amide bonds.